The number of rotatable bonds is 3. The Hall–Kier alpha value is -1.62. The van der Waals surface area contributed by atoms with Crippen molar-refractivity contribution in [2.75, 3.05) is 25.5 Å². The lowest BCUT2D eigenvalue weighted by molar-refractivity contribution is -0.120. The van der Waals surface area contributed by atoms with Gasteiger partial charge in [-0.15, -0.1) is 0 Å². The van der Waals surface area contributed by atoms with Crippen LogP contribution in [0.3, 0.4) is 0 Å². The molecule has 1 amide bonds. The van der Waals surface area contributed by atoms with Gasteiger partial charge in [-0.25, -0.2) is 4.39 Å². The van der Waals surface area contributed by atoms with Gasteiger partial charge >= 0.3 is 0 Å². The molecule has 5 heteroatoms. The fourth-order valence-corrected chi connectivity index (χ4v) is 2.13. The molecule has 2 atom stereocenters. The van der Waals surface area contributed by atoms with Crippen molar-refractivity contribution in [3.05, 3.63) is 24.0 Å². The fourth-order valence-electron chi connectivity index (χ4n) is 2.13. The molecular weight excluding hydrogens is 235 g/mol. The van der Waals surface area contributed by atoms with Gasteiger partial charge in [0.05, 0.1) is 13.0 Å². The lowest BCUT2D eigenvalue weighted by atomic mass is 9.97. The Morgan fingerprint density at radius 2 is 2.28 bits per heavy atom. The number of ether oxygens (including phenoxy) is 1. The number of amides is 1. The predicted molar refractivity (Wildman–Crippen MR) is 67.1 cm³/mol. The fraction of sp³-hybridized carbons (Fsp3) is 0.462. The van der Waals surface area contributed by atoms with Crippen molar-refractivity contribution >= 4 is 11.6 Å². The summed E-state index contributed by atoms with van der Waals surface area (Å²) in [6, 6.07) is 4.30. The van der Waals surface area contributed by atoms with Gasteiger partial charge in [-0.1, -0.05) is 6.92 Å². The van der Waals surface area contributed by atoms with Crippen molar-refractivity contribution in [2.45, 2.75) is 6.92 Å². The highest BCUT2D eigenvalue weighted by Gasteiger charge is 2.29. The van der Waals surface area contributed by atoms with Gasteiger partial charge < -0.3 is 15.4 Å². The van der Waals surface area contributed by atoms with Gasteiger partial charge in [0.15, 0.2) is 11.6 Å². The number of carbonyl (C=O) groups is 1. The zero-order valence-electron chi connectivity index (χ0n) is 10.5. The van der Waals surface area contributed by atoms with Crippen LogP contribution in [0.2, 0.25) is 0 Å². The Morgan fingerprint density at radius 1 is 1.50 bits per heavy atom. The second-order valence-electron chi connectivity index (χ2n) is 4.58. The van der Waals surface area contributed by atoms with Crippen LogP contribution in [0.4, 0.5) is 10.1 Å². The van der Waals surface area contributed by atoms with Gasteiger partial charge in [0, 0.05) is 18.3 Å². The van der Waals surface area contributed by atoms with Gasteiger partial charge in [0.1, 0.15) is 0 Å². The van der Waals surface area contributed by atoms with Crippen molar-refractivity contribution in [3.8, 4) is 5.75 Å². The zero-order chi connectivity index (χ0) is 13.1. The summed E-state index contributed by atoms with van der Waals surface area (Å²) in [4.78, 5) is 12.0. The standard InChI is InChI=1S/C13H17FN2O2/c1-8-6-15-7-10(8)13(17)16-9-3-4-11(14)12(5-9)18-2/h3-5,8,10,15H,6-7H2,1-2H3,(H,16,17)/t8-,10-/m1/s1. The Bertz CT molecular complexity index is 451. The molecule has 0 spiro atoms. The summed E-state index contributed by atoms with van der Waals surface area (Å²) >= 11 is 0. The number of methoxy groups -OCH3 is 1. The van der Waals surface area contributed by atoms with E-state index in [0.29, 0.717) is 18.2 Å². The second kappa shape index (κ2) is 5.35. The van der Waals surface area contributed by atoms with Gasteiger partial charge in [0.25, 0.3) is 0 Å². The molecule has 1 aliphatic rings. The van der Waals surface area contributed by atoms with E-state index in [9.17, 15) is 9.18 Å². The number of nitrogens with one attached hydrogen (secondary N) is 2. The smallest absolute Gasteiger partial charge is 0.229 e. The minimum Gasteiger partial charge on any atom is -0.494 e. The van der Waals surface area contributed by atoms with E-state index in [2.05, 4.69) is 10.6 Å². The van der Waals surface area contributed by atoms with Gasteiger partial charge in [0.2, 0.25) is 5.91 Å². The lowest BCUT2D eigenvalue weighted by Crippen LogP contribution is -2.27. The molecular formula is C13H17FN2O2. The molecule has 0 aliphatic carbocycles. The molecule has 1 heterocycles. The number of carbonyl (C=O) groups excluding carboxylic acids is 1. The molecule has 1 aromatic carbocycles. The third-order valence-corrected chi connectivity index (χ3v) is 3.27. The summed E-state index contributed by atoms with van der Waals surface area (Å²) in [7, 11) is 1.40. The second-order valence-corrected chi connectivity index (χ2v) is 4.58. The Balaban J connectivity index is 2.07. The van der Waals surface area contributed by atoms with E-state index in [4.69, 9.17) is 4.74 Å². The van der Waals surface area contributed by atoms with Gasteiger partial charge in [-0.2, -0.15) is 0 Å². The largest absolute Gasteiger partial charge is 0.494 e. The summed E-state index contributed by atoms with van der Waals surface area (Å²) in [6.45, 7) is 3.58. The van der Waals surface area contributed by atoms with E-state index < -0.39 is 5.82 Å². The quantitative estimate of drug-likeness (QED) is 0.859. The summed E-state index contributed by atoms with van der Waals surface area (Å²) in [5.74, 6) is -0.0775. The highest BCUT2D eigenvalue weighted by molar-refractivity contribution is 5.93. The van der Waals surface area contributed by atoms with Crippen molar-refractivity contribution < 1.29 is 13.9 Å². The van der Waals surface area contributed by atoms with Crippen LogP contribution in [0, 0.1) is 17.7 Å². The molecule has 0 radical (unpaired) electrons. The van der Waals surface area contributed by atoms with Gasteiger partial charge in [-0.05, 0) is 24.6 Å². The Labute approximate surface area is 106 Å². The highest BCUT2D eigenvalue weighted by atomic mass is 19.1. The molecule has 0 aromatic heterocycles. The molecule has 1 aliphatic heterocycles. The van der Waals surface area contributed by atoms with Gasteiger partial charge in [-0.3, -0.25) is 4.79 Å². The Kier molecular flexibility index (Phi) is 3.81. The summed E-state index contributed by atoms with van der Waals surface area (Å²) < 4.78 is 18.1. The molecule has 1 fully saturated rings. The highest BCUT2D eigenvalue weighted by Crippen LogP contribution is 2.23. The first-order valence-electron chi connectivity index (χ1n) is 5.97. The molecule has 0 bridgehead atoms. The number of halogens is 1. The first-order chi connectivity index (χ1) is 8.61. The van der Waals surface area contributed by atoms with E-state index in [1.807, 2.05) is 6.92 Å². The summed E-state index contributed by atoms with van der Waals surface area (Å²) in [5, 5.41) is 5.97. The number of hydrogen-bond acceptors (Lipinski definition) is 3. The lowest BCUT2D eigenvalue weighted by Gasteiger charge is -2.14. The van der Waals surface area contributed by atoms with Crippen LogP contribution in [-0.2, 0) is 4.79 Å². The number of benzene rings is 1. The number of anilines is 1. The van der Waals surface area contributed by atoms with Crippen molar-refractivity contribution in [3.63, 3.8) is 0 Å². The van der Waals surface area contributed by atoms with E-state index >= 15 is 0 Å². The van der Waals surface area contributed by atoms with Crippen molar-refractivity contribution in [2.24, 2.45) is 11.8 Å². The first kappa shape index (κ1) is 12.8. The zero-order valence-corrected chi connectivity index (χ0v) is 10.5. The summed E-state index contributed by atoms with van der Waals surface area (Å²) in [6.07, 6.45) is 0. The van der Waals surface area contributed by atoms with Crippen LogP contribution in [0.15, 0.2) is 18.2 Å². The van der Waals surface area contributed by atoms with Crippen molar-refractivity contribution in [1.29, 1.82) is 0 Å². The third kappa shape index (κ3) is 2.61. The van der Waals surface area contributed by atoms with Crippen LogP contribution < -0.4 is 15.4 Å². The average Bonchev–Trinajstić information content (AvgIpc) is 2.78. The van der Waals surface area contributed by atoms with Crippen LogP contribution in [0.5, 0.6) is 5.75 Å². The molecule has 0 unspecified atom stereocenters. The topological polar surface area (TPSA) is 50.4 Å². The Morgan fingerprint density at radius 3 is 2.89 bits per heavy atom. The van der Waals surface area contributed by atoms with E-state index in [0.717, 1.165) is 6.54 Å². The maximum absolute atomic E-state index is 13.2. The minimum absolute atomic E-state index is 0.0406. The summed E-state index contributed by atoms with van der Waals surface area (Å²) in [5.41, 5.74) is 0.553. The van der Waals surface area contributed by atoms with E-state index in [1.54, 1.807) is 0 Å². The van der Waals surface area contributed by atoms with Crippen molar-refractivity contribution in [1.82, 2.24) is 5.32 Å². The van der Waals surface area contributed by atoms with E-state index in [-0.39, 0.29) is 17.6 Å². The van der Waals surface area contributed by atoms with E-state index in [1.165, 1.54) is 25.3 Å². The predicted octanol–water partition coefficient (Wildman–Crippen LogP) is 1.63. The SMILES string of the molecule is COc1cc(NC(=O)[C@@H]2CNC[C@H]2C)ccc1F. The molecule has 2 rings (SSSR count). The molecule has 98 valence electrons. The maximum Gasteiger partial charge on any atom is 0.229 e. The monoisotopic (exact) mass is 252 g/mol. The molecule has 1 aromatic rings. The first-order valence-corrected chi connectivity index (χ1v) is 5.97. The minimum atomic E-state index is -0.439. The number of hydrogen-bond donors (Lipinski definition) is 2. The average molecular weight is 252 g/mol. The van der Waals surface area contributed by atoms with Crippen LogP contribution in [0.1, 0.15) is 6.92 Å². The molecule has 4 nitrogen and oxygen atoms in total. The third-order valence-electron chi connectivity index (χ3n) is 3.27. The van der Waals surface area contributed by atoms with Crippen LogP contribution >= 0.6 is 0 Å². The van der Waals surface area contributed by atoms with Crippen LogP contribution in [-0.4, -0.2) is 26.1 Å². The normalized spacial score (nSPS) is 22.8. The maximum atomic E-state index is 13.2. The molecule has 18 heavy (non-hydrogen) atoms. The molecule has 2 N–H and O–H groups in total. The molecule has 0 saturated carbocycles. The van der Waals surface area contributed by atoms with Crippen LogP contribution in [0.25, 0.3) is 0 Å². The molecule has 1 saturated heterocycles.